The summed E-state index contributed by atoms with van der Waals surface area (Å²) in [4.78, 5) is 12.2. The van der Waals surface area contributed by atoms with Crippen LogP contribution in [0.1, 0.15) is 91.9 Å². The Hall–Kier alpha value is -0.190. The zero-order valence-electron chi connectivity index (χ0n) is 20.6. The van der Waals surface area contributed by atoms with Crippen molar-refractivity contribution in [2.24, 2.45) is 40.9 Å². The minimum Gasteiger partial charge on any atom is -1.00 e. The first-order valence-corrected chi connectivity index (χ1v) is 13.4. The van der Waals surface area contributed by atoms with Crippen molar-refractivity contribution in [2.45, 2.75) is 110 Å². The van der Waals surface area contributed by atoms with E-state index in [4.69, 9.17) is 4.74 Å². The maximum absolute atomic E-state index is 12.2. The largest absolute Gasteiger partial charge is 1.00 e. The Labute approximate surface area is 205 Å². The molecular formula is C28H43BrNO2-. The Kier molecular flexibility index (Phi) is 6.03. The lowest BCUT2D eigenvalue weighted by atomic mass is 9.52. The van der Waals surface area contributed by atoms with Crippen molar-refractivity contribution < 1.29 is 26.5 Å². The molecule has 4 heteroatoms. The molecule has 10 atom stereocenters. The molecule has 3 saturated carbocycles. The van der Waals surface area contributed by atoms with Gasteiger partial charge in [-0.05, 0) is 99.8 Å². The number of carbonyl (C=O) groups is 1. The number of hydrogen-bond acceptors (Lipinski definition) is 3. The van der Waals surface area contributed by atoms with E-state index < -0.39 is 0 Å². The van der Waals surface area contributed by atoms with E-state index >= 15 is 0 Å². The number of carbonyl (C=O) groups excluding carboxylic acids is 1. The summed E-state index contributed by atoms with van der Waals surface area (Å²) >= 11 is 0. The molecule has 6 aliphatic rings. The van der Waals surface area contributed by atoms with Crippen LogP contribution < -0.4 is 22.3 Å². The molecule has 0 aromatic heterocycles. The quantitative estimate of drug-likeness (QED) is 0.515. The summed E-state index contributed by atoms with van der Waals surface area (Å²) in [5, 5.41) is 3.85. The predicted molar refractivity (Wildman–Crippen MR) is 124 cm³/mol. The van der Waals surface area contributed by atoms with Gasteiger partial charge in [-0.25, -0.2) is 0 Å². The van der Waals surface area contributed by atoms with Crippen LogP contribution in [0.2, 0.25) is 0 Å². The average Bonchev–Trinajstić information content (AvgIpc) is 3.19. The first-order valence-electron chi connectivity index (χ1n) is 13.4. The second-order valence-electron chi connectivity index (χ2n) is 12.9. The Balaban J connectivity index is 0.00000216. The number of hydrogen-bond donors (Lipinski definition) is 1. The molecule has 4 aliphatic carbocycles. The molecule has 0 unspecified atom stereocenters. The lowest BCUT2D eigenvalue weighted by molar-refractivity contribution is -0.129. The highest BCUT2D eigenvalue weighted by molar-refractivity contribution is 5.79. The van der Waals surface area contributed by atoms with E-state index in [0.29, 0.717) is 35.2 Å². The molecule has 0 bridgehead atoms. The number of Topliss-reactive ketones (excluding diaryl/α,β-unsaturated/α-hetero) is 1. The lowest BCUT2D eigenvalue weighted by Gasteiger charge is -2.52. The van der Waals surface area contributed by atoms with Gasteiger partial charge in [-0.2, -0.15) is 0 Å². The van der Waals surface area contributed by atoms with E-state index in [1.54, 1.807) is 5.57 Å². The van der Waals surface area contributed by atoms with Gasteiger partial charge < -0.3 is 27.0 Å². The predicted octanol–water partition coefficient (Wildman–Crippen LogP) is 2.68. The van der Waals surface area contributed by atoms with E-state index in [2.05, 4.69) is 33.0 Å². The van der Waals surface area contributed by atoms with Crippen molar-refractivity contribution in [2.75, 3.05) is 6.54 Å². The Morgan fingerprint density at radius 2 is 1.91 bits per heavy atom. The van der Waals surface area contributed by atoms with Crippen molar-refractivity contribution in [3.8, 4) is 0 Å². The molecule has 0 amide bonds. The van der Waals surface area contributed by atoms with Gasteiger partial charge in [-0.3, -0.25) is 4.79 Å². The fourth-order valence-corrected chi connectivity index (χ4v) is 9.61. The maximum Gasteiger partial charge on any atom is 0.133 e. The van der Waals surface area contributed by atoms with E-state index in [-0.39, 0.29) is 22.6 Å². The van der Waals surface area contributed by atoms with Gasteiger partial charge in [0.15, 0.2) is 0 Å². The van der Waals surface area contributed by atoms with Gasteiger partial charge >= 0.3 is 0 Å². The molecule has 180 valence electrons. The molecule has 2 saturated heterocycles. The third-order valence-electron chi connectivity index (χ3n) is 11.4. The summed E-state index contributed by atoms with van der Waals surface area (Å²) < 4.78 is 7.01. The standard InChI is InChI=1S/C28H43NO2.BrH/c1-16-11-25-26(29-15-16)18(3)28(31-25)10-8-21-22-6-5-19-12-20(30)7-9-27(19,4)24(22)13-23(21)17(2)14-28;/h16,18-19,21-22,24-26,29H,5-15H2,1-4H3;1H/p-1/t16-,18+,19-,21-,22-,24-,25+,26-,27-,28-;/m0./s1. The number of piperidine rings is 1. The summed E-state index contributed by atoms with van der Waals surface area (Å²) in [6, 6.07) is 0.550. The van der Waals surface area contributed by atoms with Crippen LogP contribution in [0, 0.1) is 40.9 Å². The SMILES string of the molecule is CC1=C2C[C@H]3[C@@H](CC[C@H]4CC(=O)CC[C@@]43C)[C@@H]2CC[C@@]2(C1)O[C@@H]1C[C@H](C)CN[C@H]1[C@H]2C.[Br-]. The fraction of sp³-hybridized carbons (Fsp3) is 0.893. The highest BCUT2D eigenvalue weighted by Crippen LogP contribution is 2.65. The number of ketones is 1. The van der Waals surface area contributed by atoms with Gasteiger partial charge in [0, 0.05) is 24.8 Å². The second kappa shape index (κ2) is 8.19. The zero-order valence-corrected chi connectivity index (χ0v) is 22.2. The maximum atomic E-state index is 12.2. The number of nitrogens with one attached hydrogen (secondary N) is 1. The van der Waals surface area contributed by atoms with E-state index in [0.717, 1.165) is 55.9 Å². The van der Waals surface area contributed by atoms with Crippen molar-refractivity contribution >= 4 is 5.78 Å². The summed E-state index contributed by atoms with van der Waals surface area (Å²) in [6.07, 6.45) is 12.2. The molecule has 32 heavy (non-hydrogen) atoms. The number of halogens is 1. The number of rotatable bonds is 0. The Bertz CT molecular complexity index is 809. The molecule has 0 radical (unpaired) electrons. The van der Waals surface area contributed by atoms with Crippen LogP contribution in [-0.4, -0.2) is 30.1 Å². The van der Waals surface area contributed by atoms with Gasteiger partial charge in [-0.1, -0.05) is 31.9 Å². The Morgan fingerprint density at radius 1 is 1.09 bits per heavy atom. The summed E-state index contributed by atoms with van der Waals surface area (Å²) in [7, 11) is 0. The van der Waals surface area contributed by atoms with Gasteiger partial charge in [0.25, 0.3) is 0 Å². The molecule has 0 aromatic rings. The molecule has 0 aromatic carbocycles. The third kappa shape index (κ3) is 3.36. The van der Waals surface area contributed by atoms with Gasteiger partial charge in [0.1, 0.15) is 5.78 Å². The molecule has 5 fully saturated rings. The lowest BCUT2D eigenvalue weighted by Crippen LogP contribution is -3.00. The second-order valence-corrected chi connectivity index (χ2v) is 12.9. The van der Waals surface area contributed by atoms with Crippen molar-refractivity contribution in [3.63, 3.8) is 0 Å². The van der Waals surface area contributed by atoms with Crippen LogP contribution in [-0.2, 0) is 9.53 Å². The monoisotopic (exact) mass is 504 g/mol. The van der Waals surface area contributed by atoms with E-state index in [1.807, 2.05) is 5.57 Å². The number of ether oxygens (including phenoxy) is 1. The summed E-state index contributed by atoms with van der Waals surface area (Å²) in [5.74, 6) is 4.97. The van der Waals surface area contributed by atoms with Gasteiger partial charge in [-0.15, -0.1) is 0 Å². The first-order chi connectivity index (χ1) is 14.8. The molecular weight excluding hydrogens is 462 g/mol. The molecule has 2 aliphatic heterocycles. The first kappa shape index (κ1) is 23.5. The summed E-state index contributed by atoms with van der Waals surface area (Å²) in [5.41, 5.74) is 3.95. The van der Waals surface area contributed by atoms with Crippen LogP contribution in [0.4, 0.5) is 0 Å². The molecule has 2 heterocycles. The zero-order chi connectivity index (χ0) is 21.5. The van der Waals surface area contributed by atoms with Crippen LogP contribution in [0.25, 0.3) is 0 Å². The third-order valence-corrected chi connectivity index (χ3v) is 11.4. The normalized spacial score (nSPS) is 52.6. The average molecular weight is 506 g/mol. The molecule has 3 nitrogen and oxygen atoms in total. The molecule has 1 N–H and O–H groups in total. The van der Waals surface area contributed by atoms with Gasteiger partial charge in [0.05, 0.1) is 11.7 Å². The number of allylic oxidation sites excluding steroid dienone is 1. The summed E-state index contributed by atoms with van der Waals surface area (Å²) in [6.45, 7) is 11.0. The minimum atomic E-state index is 0. The van der Waals surface area contributed by atoms with Gasteiger partial charge in [0.2, 0.25) is 0 Å². The van der Waals surface area contributed by atoms with E-state index in [9.17, 15) is 4.79 Å². The van der Waals surface area contributed by atoms with Crippen LogP contribution >= 0.6 is 0 Å². The fourth-order valence-electron chi connectivity index (χ4n) is 9.61. The van der Waals surface area contributed by atoms with Crippen molar-refractivity contribution in [1.29, 1.82) is 0 Å². The van der Waals surface area contributed by atoms with Crippen LogP contribution in [0.15, 0.2) is 11.1 Å². The minimum absolute atomic E-state index is 0. The van der Waals surface area contributed by atoms with E-state index in [1.165, 1.54) is 38.5 Å². The molecule has 6 rings (SSSR count). The van der Waals surface area contributed by atoms with Crippen molar-refractivity contribution in [3.05, 3.63) is 11.1 Å². The Morgan fingerprint density at radius 3 is 2.72 bits per heavy atom. The smallest absolute Gasteiger partial charge is 0.133 e. The van der Waals surface area contributed by atoms with Crippen LogP contribution in [0.3, 0.4) is 0 Å². The molecule has 1 spiro atoms. The highest BCUT2D eigenvalue weighted by atomic mass is 79.9. The van der Waals surface area contributed by atoms with Crippen LogP contribution in [0.5, 0.6) is 0 Å². The highest BCUT2D eigenvalue weighted by Gasteiger charge is 2.59. The van der Waals surface area contributed by atoms with Crippen molar-refractivity contribution in [1.82, 2.24) is 5.32 Å². The topological polar surface area (TPSA) is 38.3 Å². The number of fused-ring (bicyclic) bond motifs is 6.